The molecule has 1 amide bonds. The van der Waals surface area contributed by atoms with Crippen LogP contribution in [0.3, 0.4) is 0 Å². The van der Waals surface area contributed by atoms with Crippen LogP contribution in [0.1, 0.15) is 15.9 Å². The topological polar surface area (TPSA) is 50.7 Å². The van der Waals surface area contributed by atoms with Crippen LogP contribution in [-0.4, -0.2) is 23.4 Å². The number of nitrogens with one attached hydrogen (secondary N) is 1. The van der Waals surface area contributed by atoms with Crippen molar-refractivity contribution in [2.24, 2.45) is 4.99 Å². The zero-order valence-electron chi connectivity index (χ0n) is 12.0. The van der Waals surface area contributed by atoms with Gasteiger partial charge in [-0.1, -0.05) is 48.2 Å². The van der Waals surface area contributed by atoms with Crippen molar-refractivity contribution in [3.05, 3.63) is 65.7 Å². The Morgan fingerprint density at radius 2 is 1.91 bits per heavy atom. The van der Waals surface area contributed by atoms with E-state index in [1.807, 2.05) is 48.5 Å². The highest BCUT2D eigenvalue weighted by molar-refractivity contribution is 8.14. The number of hydrogen-bond acceptors (Lipinski definition) is 4. The Morgan fingerprint density at radius 1 is 1.14 bits per heavy atom. The Morgan fingerprint density at radius 3 is 2.68 bits per heavy atom. The Hall–Kier alpha value is -2.27. The zero-order valence-corrected chi connectivity index (χ0v) is 12.8. The number of amidine groups is 1. The second-order valence-corrected chi connectivity index (χ2v) is 5.83. The molecule has 0 spiro atoms. The molecule has 1 heterocycles. The highest BCUT2D eigenvalue weighted by atomic mass is 32.2. The molecule has 0 fully saturated rings. The number of ether oxygens (including phenoxy) is 1. The third-order valence-corrected chi connectivity index (χ3v) is 4.10. The molecule has 2 aromatic carbocycles. The van der Waals surface area contributed by atoms with E-state index in [4.69, 9.17) is 4.74 Å². The summed E-state index contributed by atoms with van der Waals surface area (Å²) in [4.78, 5) is 16.6. The second-order valence-electron chi connectivity index (χ2n) is 4.75. The third kappa shape index (κ3) is 3.68. The van der Waals surface area contributed by atoms with Crippen LogP contribution in [0.25, 0.3) is 0 Å². The summed E-state index contributed by atoms with van der Waals surface area (Å²) in [6.45, 7) is 1.12. The van der Waals surface area contributed by atoms with Crippen molar-refractivity contribution >= 4 is 22.8 Å². The quantitative estimate of drug-likeness (QED) is 0.944. The molecule has 4 nitrogen and oxygen atoms in total. The molecule has 0 unspecified atom stereocenters. The number of carbonyl (C=O) groups excluding carboxylic acids is 1. The lowest BCUT2D eigenvalue weighted by Crippen LogP contribution is -2.28. The Bertz CT molecular complexity index is 686. The van der Waals surface area contributed by atoms with Crippen LogP contribution in [0.4, 0.5) is 0 Å². The summed E-state index contributed by atoms with van der Waals surface area (Å²) in [5, 5.41) is 3.55. The summed E-state index contributed by atoms with van der Waals surface area (Å²) < 4.78 is 5.74. The van der Waals surface area contributed by atoms with Crippen molar-refractivity contribution in [3.63, 3.8) is 0 Å². The van der Waals surface area contributed by atoms with Gasteiger partial charge < -0.3 is 10.1 Å². The smallest absolute Gasteiger partial charge is 0.257 e. The first-order valence-electron chi connectivity index (χ1n) is 7.07. The number of carbonyl (C=O) groups is 1. The van der Waals surface area contributed by atoms with E-state index >= 15 is 0 Å². The summed E-state index contributed by atoms with van der Waals surface area (Å²) in [5.41, 5.74) is 1.47. The summed E-state index contributed by atoms with van der Waals surface area (Å²) >= 11 is 1.57. The largest absolute Gasteiger partial charge is 0.489 e. The van der Waals surface area contributed by atoms with Crippen LogP contribution in [0.15, 0.2) is 59.6 Å². The first-order chi connectivity index (χ1) is 10.8. The molecule has 0 atom stereocenters. The van der Waals surface area contributed by atoms with Crippen LogP contribution in [0, 0.1) is 0 Å². The van der Waals surface area contributed by atoms with E-state index in [1.54, 1.807) is 17.8 Å². The average molecular weight is 312 g/mol. The van der Waals surface area contributed by atoms with Gasteiger partial charge in [0.25, 0.3) is 5.91 Å². The molecule has 0 aromatic heterocycles. The number of hydrogen-bond donors (Lipinski definition) is 1. The van der Waals surface area contributed by atoms with E-state index in [2.05, 4.69) is 10.3 Å². The number of thioether (sulfide) groups is 1. The minimum atomic E-state index is -0.139. The minimum absolute atomic E-state index is 0.139. The maximum absolute atomic E-state index is 12.4. The molecule has 5 heteroatoms. The SMILES string of the molecule is O=C(NC1=NCCS1)c1ccccc1COc1ccccc1. The summed E-state index contributed by atoms with van der Waals surface area (Å²) in [5.74, 6) is 1.57. The summed E-state index contributed by atoms with van der Waals surface area (Å²) in [6, 6.07) is 17.0. The van der Waals surface area contributed by atoms with E-state index in [1.165, 1.54) is 0 Å². The van der Waals surface area contributed by atoms with Gasteiger partial charge in [-0.15, -0.1) is 0 Å². The van der Waals surface area contributed by atoms with Gasteiger partial charge in [0.15, 0.2) is 5.17 Å². The molecule has 1 aliphatic rings. The molecule has 1 aliphatic heterocycles. The zero-order chi connectivity index (χ0) is 15.2. The van der Waals surface area contributed by atoms with Crippen molar-refractivity contribution in [2.45, 2.75) is 6.61 Å². The van der Waals surface area contributed by atoms with Gasteiger partial charge in [-0.25, -0.2) is 0 Å². The fourth-order valence-electron chi connectivity index (χ4n) is 2.12. The van der Waals surface area contributed by atoms with Crippen molar-refractivity contribution in [1.29, 1.82) is 0 Å². The molecule has 0 aliphatic carbocycles. The second kappa shape index (κ2) is 7.13. The number of benzene rings is 2. The summed E-state index contributed by atoms with van der Waals surface area (Å²) in [6.07, 6.45) is 0. The average Bonchev–Trinajstić information content (AvgIpc) is 3.07. The number of aliphatic imine (C=N–C) groups is 1. The molecule has 3 rings (SSSR count). The van der Waals surface area contributed by atoms with E-state index in [-0.39, 0.29) is 5.91 Å². The molecular weight excluding hydrogens is 296 g/mol. The molecule has 1 N–H and O–H groups in total. The van der Waals surface area contributed by atoms with E-state index in [0.717, 1.165) is 23.6 Å². The number of para-hydroxylation sites is 1. The highest BCUT2D eigenvalue weighted by Crippen LogP contribution is 2.16. The molecule has 112 valence electrons. The maximum atomic E-state index is 12.4. The lowest BCUT2D eigenvalue weighted by Gasteiger charge is -2.11. The standard InChI is InChI=1S/C17H16N2O2S/c20-16(19-17-18-10-11-22-17)15-9-5-4-6-13(15)12-21-14-7-2-1-3-8-14/h1-9H,10-12H2,(H,18,19,20). The van der Waals surface area contributed by atoms with Gasteiger partial charge in [-0.05, 0) is 18.2 Å². The molecular formula is C17H16N2O2S. The maximum Gasteiger partial charge on any atom is 0.257 e. The highest BCUT2D eigenvalue weighted by Gasteiger charge is 2.15. The lowest BCUT2D eigenvalue weighted by molar-refractivity contribution is 0.0975. The summed E-state index contributed by atoms with van der Waals surface area (Å²) in [7, 11) is 0. The van der Waals surface area contributed by atoms with E-state index in [0.29, 0.717) is 17.3 Å². The number of amides is 1. The fourth-order valence-corrected chi connectivity index (χ4v) is 2.84. The normalized spacial score (nSPS) is 13.5. The predicted octanol–water partition coefficient (Wildman–Crippen LogP) is 3.10. The van der Waals surface area contributed by atoms with Gasteiger partial charge in [0.2, 0.25) is 0 Å². The predicted molar refractivity (Wildman–Crippen MR) is 89.4 cm³/mol. The van der Waals surface area contributed by atoms with Gasteiger partial charge in [0, 0.05) is 16.9 Å². The van der Waals surface area contributed by atoms with Gasteiger partial charge in [-0.2, -0.15) is 0 Å². The van der Waals surface area contributed by atoms with Crippen LogP contribution in [0.5, 0.6) is 5.75 Å². The van der Waals surface area contributed by atoms with Crippen LogP contribution in [-0.2, 0) is 6.61 Å². The Kier molecular flexibility index (Phi) is 4.75. The van der Waals surface area contributed by atoms with Crippen molar-refractivity contribution in [2.75, 3.05) is 12.3 Å². The van der Waals surface area contributed by atoms with Gasteiger partial charge in [-0.3, -0.25) is 9.79 Å². The van der Waals surface area contributed by atoms with E-state index < -0.39 is 0 Å². The molecule has 0 bridgehead atoms. The van der Waals surface area contributed by atoms with Crippen molar-refractivity contribution < 1.29 is 9.53 Å². The van der Waals surface area contributed by atoms with Crippen molar-refractivity contribution in [3.8, 4) is 5.75 Å². The molecule has 0 saturated heterocycles. The molecule has 2 aromatic rings. The monoisotopic (exact) mass is 312 g/mol. The van der Waals surface area contributed by atoms with E-state index in [9.17, 15) is 4.79 Å². The third-order valence-electron chi connectivity index (χ3n) is 3.21. The van der Waals surface area contributed by atoms with Crippen LogP contribution in [0.2, 0.25) is 0 Å². The Labute approximate surface area is 133 Å². The fraction of sp³-hybridized carbons (Fsp3) is 0.176. The molecule has 0 saturated carbocycles. The van der Waals surface area contributed by atoms with Gasteiger partial charge in [0.05, 0.1) is 6.54 Å². The minimum Gasteiger partial charge on any atom is -0.489 e. The van der Waals surface area contributed by atoms with Crippen molar-refractivity contribution in [1.82, 2.24) is 5.32 Å². The number of rotatable bonds is 4. The first kappa shape index (κ1) is 14.7. The van der Waals surface area contributed by atoms with Gasteiger partial charge in [0.1, 0.15) is 12.4 Å². The Balaban J connectivity index is 1.70. The molecule has 0 radical (unpaired) electrons. The lowest BCUT2D eigenvalue weighted by atomic mass is 10.1. The molecule has 22 heavy (non-hydrogen) atoms. The van der Waals surface area contributed by atoms with Crippen LogP contribution >= 0.6 is 11.8 Å². The van der Waals surface area contributed by atoms with Crippen LogP contribution < -0.4 is 10.1 Å². The first-order valence-corrected chi connectivity index (χ1v) is 8.06. The van der Waals surface area contributed by atoms with Gasteiger partial charge >= 0.3 is 0 Å². The number of nitrogens with zero attached hydrogens (tertiary/aromatic N) is 1.